The van der Waals surface area contributed by atoms with Crippen LogP contribution in [0.15, 0.2) is 18.2 Å². The molecule has 3 nitrogen and oxygen atoms in total. The van der Waals surface area contributed by atoms with Crippen LogP contribution in [0, 0.1) is 6.92 Å². The summed E-state index contributed by atoms with van der Waals surface area (Å²) >= 11 is 0. The van der Waals surface area contributed by atoms with Crippen molar-refractivity contribution in [2.45, 2.75) is 52.3 Å². The minimum atomic E-state index is 0.219. The smallest absolute Gasteiger partial charge is 0.120 e. The second-order valence-electron chi connectivity index (χ2n) is 5.64. The second kappa shape index (κ2) is 5.93. The van der Waals surface area contributed by atoms with Crippen molar-refractivity contribution in [3.05, 3.63) is 29.3 Å². The fourth-order valence-corrected chi connectivity index (χ4v) is 2.88. The van der Waals surface area contributed by atoms with Crippen LogP contribution in [0.25, 0.3) is 0 Å². The van der Waals surface area contributed by atoms with Gasteiger partial charge in [0, 0.05) is 24.2 Å². The van der Waals surface area contributed by atoms with Gasteiger partial charge in [0.05, 0.1) is 12.7 Å². The zero-order chi connectivity index (χ0) is 14.0. The lowest BCUT2D eigenvalue weighted by Crippen LogP contribution is -2.49. The van der Waals surface area contributed by atoms with Crippen molar-refractivity contribution < 1.29 is 9.84 Å². The molecule has 1 N–H and O–H groups in total. The number of hydrogen-bond acceptors (Lipinski definition) is 3. The standard InChI is InChI=1S/C16H25NO2/c1-5-14-10-19-12(3)9-17(14)13(4)15-7-6-11(2)8-16(15)18/h6-8,12-14,18H,5,9-10H2,1-4H3. The predicted octanol–water partition coefficient (Wildman–Crippen LogP) is 3.26. The van der Waals surface area contributed by atoms with Gasteiger partial charge in [-0.2, -0.15) is 0 Å². The number of phenolic OH excluding ortho intramolecular Hbond substituents is 1. The summed E-state index contributed by atoms with van der Waals surface area (Å²) in [4.78, 5) is 2.46. The maximum Gasteiger partial charge on any atom is 0.120 e. The molecule has 1 saturated heterocycles. The van der Waals surface area contributed by atoms with E-state index < -0.39 is 0 Å². The number of aryl methyl sites for hydroxylation is 1. The molecule has 0 amide bonds. The predicted molar refractivity (Wildman–Crippen MR) is 77.5 cm³/mol. The Morgan fingerprint density at radius 1 is 1.47 bits per heavy atom. The van der Waals surface area contributed by atoms with Crippen LogP contribution < -0.4 is 0 Å². The van der Waals surface area contributed by atoms with Gasteiger partial charge in [0.25, 0.3) is 0 Å². The first-order chi connectivity index (χ1) is 9.02. The van der Waals surface area contributed by atoms with Crippen molar-refractivity contribution in [2.24, 2.45) is 0 Å². The molecule has 0 spiro atoms. The Balaban J connectivity index is 2.23. The minimum absolute atomic E-state index is 0.219. The lowest BCUT2D eigenvalue weighted by atomic mass is 10.00. The molecule has 1 aliphatic heterocycles. The van der Waals surface area contributed by atoms with Crippen LogP contribution in [0.2, 0.25) is 0 Å². The van der Waals surface area contributed by atoms with E-state index in [1.807, 2.05) is 19.1 Å². The highest BCUT2D eigenvalue weighted by atomic mass is 16.5. The third kappa shape index (κ3) is 3.10. The fraction of sp³-hybridized carbons (Fsp3) is 0.625. The summed E-state index contributed by atoms with van der Waals surface area (Å²) in [6, 6.07) is 6.61. The van der Waals surface area contributed by atoms with Crippen LogP contribution in [0.3, 0.4) is 0 Å². The largest absolute Gasteiger partial charge is 0.508 e. The van der Waals surface area contributed by atoms with Crippen molar-refractivity contribution in [2.75, 3.05) is 13.2 Å². The van der Waals surface area contributed by atoms with Gasteiger partial charge in [-0.1, -0.05) is 19.1 Å². The monoisotopic (exact) mass is 263 g/mol. The third-order valence-electron chi connectivity index (χ3n) is 4.11. The first-order valence-corrected chi connectivity index (χ1v) is 7.19. The van der Waals surface area contributed by atoms with Gasteiger partial charge in [0.1, 0.15) is 5.75 Å². The van der Waals surface area contributed by atoms with E-state index in [2.05, 4.69) is 31.7 Å². The molecule has 0 aliphatic carbocycles. The van der Waals surface area contributed by atoms with E-state index in [9.17, 15) is 5.11 Å². The molecule has 0 radical (unpaired) electrons. The van der Waals surface area contributed by atoms with Crippen molar-refractivity contribution in [1.29, 1.82) is 0 Å². The SMILES string of the molecule is CCC1COC(C)CN1C(C)c1ccc(C)cc1O. The van der Waals surface area contributed by atoms with Crippen molar-refractivity contribution in [3.8, 4) is 5.75 Å². The molecule has 1 heterocycles. The molecule has 0 aromatic heterocycles. The Labute approximate surface area is 116 Å². The molecule has 1 fully saturated rings. The quantitative estimate of drug-likeness (QED) is 0.908. The summed E-state index contributed by atoms with van der Waals surface area (Å²) in [5.74, 6) is 0.404. The Hall–Kier alpha value is -1.06. The van der Waals surface area contributed by atoms with Crippen LogP contribution in [0.5, 0.6) is 5.75 Å². The van der Waals surface area contributed by atoms with Gasteiger partial charge in [-0.25, -0.2) is 0 Å². The van der Waals surface area contributed by atoms with Crippen LogP contribution >= 0.6 is 0 Å². The van der Waals surface area contributed by atoms with Gasteiger partial charge in [-0.15, -0.1) is 0 Å². The van der Waals surface area contributed by atoms with Crippen molar-refractivity contribution in [1.82, 2.24) is 4.90 Å². The highest BCUT2D eigenvalue weighted by molar-refractivity contribution is 5.38. The molecule has 106 valence electrons. The van der Waals surface area contributed by atoms with Gasteiger partial charge in [0.15, 0.2) is 0 Å². The van der Waals surface area contributed by atoms with Gasteiger partial charge in [-0.3, -0.25) is 4.90 Å². The summed E-state index contributed by atoms with van der Waals surface area (Å²) in [6.07, 6.45) is 1.33. The molecule has 1 aromatic carbocycles. The minimum Gasteiger partial charge on any atom is -0.508 e. The molecular formula is C16H25NO2. The Morgan fingerprint density at radius 2 is 2.21 bits per heavy atom. The van der Waals surface area contributed by atoms with E-state index in [1.54, 1.807) is 0 Å². The van der Waals surface area contributed by atoms with Gasteiger partial charge < -0.3 is 9.84 Å². The number of ether oxygens (including phenoxy) is 1. The maximum absolute atomic E-state index is 10.2. The van der Waals surface area contributed by atoms with Crippen molar-refractivity contribution >= 4 is 0 Å². The van der Waals surface area contributed by atoms with Crippen LogP contribution in [-0.4, -0.2) is 35.3 Å². The summed E-state index contributed by atoms with van der Waals surface area (Å²) in [5.41, 5.74) is 2.11. The first-order valence-electron chi connectivity index (χ1n) is 7.19. The zero-order valence-electron chi connectivity index (χ0n) is 12.4. The molecule has 1 aromatic rings. The normalized spacial score (nSPS) is 26.3. The first kappa shape index (κ1) is 14.4. The van der Waals surface area contributed by atoms with Crippen LogP contribution in [0.1, 0.15) is 44.4 Å². The van der Waals surface area contributed by atoms with Gasteiger partial charge in [0.2, 0.25) is 0 Å². The van der Waals surface area contributed by atoms with E-state index in [4.69, 9.17) is 4.74 Å². The maximum atomic E-state index is 10.2. The number of aromatic hydroxyl groups is 1. The highest BCUT2D eigenvalue weighted by Gasteiger charge is 2.30. The molecule has 1 aliphatic rings. The molecule has 19 heavy (non-hydrogen) atoms. The Morgan fingerprint density at radius 3 is 2.84 bits per heavy atom. The van der Waals surface area contributed by atoms with Crippen LogP contribution in [0.4, 0.5) is 0 Å². The van der Waals surface area contributed by atoms with Gasteiger partial charge >= 0.3 is 0 Å². The molecule has 0 saturated carbocycles. The van der Waals surface area contributed by atoms with Crippen molar-refractivity contribution in [3.63, 3.8) is 0 Å². The zero-order valence-corrected chi connectivity index (χ0v) is 12.4. The summed E-state index contributed by atoms with van der Waals surface area (Å²) in [5, 5.41) is 10.2. The molecular weight excluding hydrogens is 238 g/mol. The Bertz CT molecular complexity index is 433. The molecule has 3 atom stereocenters. The van der Waals surface area contributed by atoms with E-state index in [0.717, 1.165) is 30.7 Å². The second-order valence-corrected chi connectivity index (χ2v) is 5.64. The number of nitrogens with zero attached hydrogens (tertiary/aromatic N) is 1. The average Bonchev–Trinajstić information content (AvgIpc) is 2.38. The molecule has 0 bridgehead atoms. The summed E-state index contributed by atoms with van der Waals surface area (Å²) < 4.78 is 5.74. The number of phenols is 1. The number of morpholine rings is 1. The molecule has 2 rings (SSSR count). The lowest BCUT2D eigenvalue weighted by Gasteiger charge is -2.42. The van der Waals surface area contributed by atoms with E-state index in [0.29, 0.717) is 11.8 Å². The summed E-state index contributed by atoms with van der Waals surface area (Å²) in [7, 11) is 0. The van der Waals surface area contributed by atoms with Crippen LogP contribution in [-0.2, 0) is 4.74 Å². The fourth-order valence-electron chi connectivity index (χ4n) is 2.88. The third-order valence-corrected chi connectivity index (χ3v) is 4.11. The van der Waals surface area contributed by atoms with E-state index in [1.165, 1.54) is 0 Å². The lowest BCUT2D eigenvalue weighted by molar-refractivity contribution is -0.0708. The highest BCUT2D eigenvalue weighted by Crippen LogP contribution is 2.32. The Kier molecular flexibility index (Phi) is 4.48. The van der Waals surface area contributed by atoms with E-state index >= 15 is 0 Å². The number of hydrogen-bond donors (Lipinski definition) is 1. The molecule has 3 unspecified atom stereocenters. The van der Waals surface area contributed by atoms with E-state index in [-0.39, 0.29) is 12.1 Å². The van der Waals surface area contributed by atoms with Gasteiger partial charge in [-0.05, 0) is 38.8 Å². The number of rotatable bonds is 3. The topological polar surface area (TPSA) is 32.7 Å². The summed E-state index contributed by atoms with van der Waals surface area (Å²) in [6.45, 7) is 10.2. The average molecular weight is 263 g/mol. The molecule has 3 heteroatoms. The number of benzene rings is 1.